The van der Waals surface area contributed by atoms with Crippen LogP contribution in [-0.4, -0.2) is 23.1 Å². The number of hydrogen-bond donors (Lipinski definition) is 2. The summed E-state index contributed by atoms with van der Waals surface area (Å²) in [7, 11) is 0. The van der Waals surface area contributed by atoms with Crippen LogP contribution in [0.5, 0.6) is 0 Å². The number of nitrogens with two attached hydrogens (primary N) is 1. The van der Waals surface area contributed by atoms with Crippen molar-refractivity contribution in [3.63, 3.8) is 0 Å². The number of hydrogen-bond acceptors (Lipinski definition) is 2. The van der Waals surface area contributed by atoms with Crippen LogP contribution in [0.15, 0.2) is 23.1 Å². The Morgan fingerprint density at radius 2 is 2.00 bits per heavy atom. The van der Waals surface area contributed by atoms with Crippen LogP contribution >= 0.6 is 12.6 Å². The lowest BCUT2D eigenvalue weighted by molar-refractivity contribution is 0.625. The van der Waals surface area contributed by atoms with Crippen molar-refractivity contribution >= 4 is 41.4 Å². The van der Waals surface area contributed by atoms with Gasteiger partial charge in [-0.3, -0.25) is 0 Å². The molecule has 0 aromatic heterocycles. The summed E-state index contributed by atoms with van der Waals surface area (Å²) >= 11 is 3.90. The molecule has 1 nitrogen and oxygen atoms in total. The monoisotopic (exact) mass is 169 g/mol. The van der Waals surface area contributed by atoms with E-state index in [1.807, 2.05) is 0 Å². The molecule has 0 saturated carbocycles. The summed E-state index contributed by atoms with van der Waals surface area (Å²) in [4.78, 5) is 0.481. The van der Waals surface area contributed by atoms with Gasteiger partial charge in [0.2, 0.25) is 0 Å². The van der Waals surface area contributed by atoms with Crippen LogP contribution in [0.2, 0.25) is 0 Å². The van der Waals surface area contributed by atoms with Crippen LogP contribution < -0.4 is 5.73 Å². The van der Waals surface area contributed by atoms with Gasteiger partial charge in [0.25, 0.3) is 0 Å². The fraction of sp³-hybridized carbons (Fsp3) is 0. The van der Waals surface area contributed by atoms with Crippen molar-refractivity contribution < 1.29 is 4.39 Å². The Morgan fingerprint density at radius 1 is 1.40 bits per heavy atom. The van der Waals surface area contributed by atoms with E-state index in [-0.39, 0.29) is 28.9 Å². The van der Waals surface area contributed by atoms with E-state index in [9.17, 15) is 4.39 Å². The van der Waals surface area contributed by atoms with Gasteiger partial charge in [-0.25, -0.2) is 4.39 Å². The lowest BCUT2D eigenvalue weighted by Gasteiger charge is -1.95. The quantitative estimate of drug-likeness (QED) is 0.335. The number of halogens is 1. The number of benzene rings is 1. The van der Waals surface area contributed by atoms with E-state index in [2.05, 4.69) is 12.6 Å². The highest BCUT2D eigenvalue weighted by molar-refractivity contribution is 7.80. The van der Waals surface area contributed by atoms with Gasteiger partial charge in [-0.2, -0.15) is 0 Å². The van der Waals surface area contributed by atoms with Crippen LogP contribution in [-0.2, 0) is 0 Å². The Balaban J connectivity index is 0.000000810. The van der Waals surface area contributed by atoms with E-state index < -0.39 is 0 Å². The third-order valence-electron chi connectivity index (χ3n) is 0.992. The molecule has 1 aromatic rings. The van der Waals surface area contributed by atoms with Gasteiger partial charge in [-0.05, 0) is 18.2 Å². The zero-order valence-electron chi connectivity index (χ0n) is 4.63. The van der Waals surface area contributed by atoms with Crippen LogP contribution in [0.3, 0.4) is 0 Å². The van der Waals surface area contributed by atoms with E-state index in [1.165, 1.54) is 18.2 Å². The van der Waals surface area contributed by atoms with Crippen molar-refractivity contribution in [1.29, 1.82) is 0 Å². The topological polar surface area (TPSA) is 26.0 Å². The Hall–Kier alpha value is 0.0662. The van der Waals surface area contributed by atoms with Gasteiger partial charge in [0, 0.05) is 10.6 Å². The highest BCUT2D eigenvalue weighted by Crippen LogP contribution is 2.16. The first kappa shape index (κ1) is 10.1. The maximum absolute atomic E-state index is 12.2. The molecule has 1 aromatic carbocycles. The van der Waals surface area contributed by atoms with Crippen LogP contribution in [0.1, 0.15) is 0 Å². The SMILES string of the molecule is Nc1ccc(F)cc1S.[MgH2]. The molecule has 0 heterocycles. The molecule has 10 heavy (non-hydrogen) atoms. The zero-order chi connectivity index (χ0) is 6.85. The molecule has 0 fully saturated rings. The van der Waals surface area contributed by atoms with Crippen molar-refractivity contribution in [3.05, 3.63) is 24.0 Å². The molecule has 0 aliphatic carbocycles. The number of rotatable bonds is 0. The lowest BCUT2D eigenvalue weighted by Crippen LogP contribution is -1.86. The van der Waals surface area contributed by atoms with Gasteiger partial charge in [-0.1, -0.05) is 0 Å². The van der Waals surface area contributed by atoms with E-state index >= 15 is 0 Å². The molecule has 0 saturated heterocycles. The smallest absolute Gasteiger partial charge is 0.316 e. The molecular weight excluding hydrogens is 161 g/mol. The van der Waals surface area contributed by atoms with Crippen molar-refractivity contribution in [1.82, 2.24) is 0 Å². The average Bonchev–Trinajstić information content (AvgIpc) is 1.80. The minimum Gasteiger partial charge on any atom is -0.398 e. The molecule has 0 aliphatic rings. The number of thiol groups is 1. The number of nitrogen functional groups attached to an aromatic ring is 1. The molecule has 52 valence electrons. The molecule has 4 heteroatoms. The molecule has 0 spiro atoms. The van der Waals surface area contributed by atoms with Gasteiger partial charge in [0.15, 0.2) is 0 Å². The molecule has 2 N–H and O–H groups in total. The minimum absolute atomic E-state index is 0. The van der Waals surface area contributed by atoms with Crippen molar-refractivity contribution in [2.45, 2.75) is 4.90 Å². The van der Waals surface area contributed by atoms with E-state index in [4.69, 9.17) is 5.73 Å². The molecule has 0 bridgehead atoms. The first-order valence-electron chi connectivity index (χ1n) is 2.44. The minimum atomic E-state index is -0.311. The maximum Gasteiger partial charge on any atom is 0.316 e. The van der Waals surface area contributed by atoms with Gasteiger partial charge in [-0.15, -0.1) is 12.6 Å². The Labute approximate surface area is 80.4 Å². The first-order chi connectivity index (χ1) is 4.20. The summed E-state index contributed by atoms with van der Waals surface area (Å²) in [5.74, 6) is -0.311. The Morgan fingerprint density at radius 3 is 2.40 bits per heavy atom. The predicted octanol–water partition coefficient (Wildman–Crippen LogP) is 0.780. The molecule has 0 aliphatic heterocycles. The van der Waals surface area contributed by atoms with E-state index in [0.717, 1.165) is 0 Å². The van der Waals surface area contributed by atoms with Crippen molar-refractivity contribution in [2.75, 3.05) is 5.73 Å². The van der Waals surface area contributed by atoms with Crippen LogP contribution in [0, 0.1) is 5.82 Å². The molecule has 0 unspecified atom stereocenters. The van der Waals surface area contributed by atoms with E-state index in [1.54, 1.807) is 0 Å². The average molecular weight is 170 g/mol. The van der Waals surface area contributed by atoms with Crippen LogP contribution in [0.4, 0.5) is 10.1 Å². The van der Waals surface area contributed by atoms with Gasteiger partial charge < -0.3 is 5.73 Å². The zero-order valence-corrected chi connectivity index (χ0v) is 5.53. The highest BCUT2D eigenvalue weighted by atomic mass is 32.1. The summed E-state index contributed by atoms with van der Waals surface area (Å²) in [6, 6.07) is 4.06. The summed E-state index contributed by atoms with van der Waals surface area (Å²) < 4.78 is 12.2. The number of anilines is 1. The highest BCUT2D eigenvalue weighted by Gasteiger charge is 1.93. The molecule has 0 amide bonds. The summed E-state index contributed by atoms with van der Waals surface area (Å²) in [6.45, 7) is 0. The summed E-state index contributed by atoms with van der Waals surface area (Å²) in [5, 5.41) is 0. The van der Waals surface area contributed by atoms with Gasteiger partial charge in [0.05, 0.1) is 0 Å². The third kappa shape index (κ3) is 2.36. The summed E-state index contributed by atoms with van der Waals surface area (Å²) in [5.41, 5.74) is 5.85. The normalized spacial score (nSPS) is 8.60. The predicted molar refractivity (Wildman–Crippen MR) is 46.6 cm³/mol. The third-order valence-corrected chi connectivity index (χ3v) is 1.38. The second kappa shape index (κ2) is 4.05. The summed E-state index contributed by atoms with van der Waals surface area (Å²) in [6.07, 6.45) is 0. The lowest BCUT2D eigenvalue weighted by atomic mass is 10.3. The van der Waals surface area contributed by atoms with Crippen molar-refractivity contribution in [3.8, 4) is 0 Å². The standard InChI is InChI=1S/C6H6FNS.Mg.2H/c7-4-1-2-5(8)6(9)3-4;;;/h1-3,9H,8H2;;;. The van der Waals surface area contributed by atoms with Crippen LogP contribution in [0.25, 0.3) is 0 Å². The largest absolute Gasteiger partial charge is 0.398 e. The van der Waals surface area contributed by atoms with Gasteiger partial charge in [0.1, 0.15) is 5.82 Å². The fourth-order valence-electron chi connectivity index (χ4n) is 0.517. The van der Waals surface area contributed by atoms with Gasteiger partial charge >= 0.3 is 23.1 Å². The van der Waals surface area contributed by atoms with E-state index in [0.29, 0.717) is 10.6 Å². The molecule has 0 atom stereocenters. The first-order valence-corrected chi connectivity index (χ1v) is 2.89. The maximum atomic E-state index is 12.2. The fourth-order valence-corrected chi connectivity index (χ4v) is 0.715. The second-order valence-corrected chi connectivity index (χ2v) is 2.18. The molecular formula is C6H8FMgNS. The molecule has 1 rings (SSSR count). The Bertz CT molecular complexity index is 229. The molecule has 0 radical (unpaired) electrons. The van der Waals surface area contributed by atoms with Crippen molar-refractivity contribution in [2.24, 2.45) is 0 Å². The second-order valence-electron chi connectivity index (χ2n) is 1.70. The Kier molecular flexibility index (Phi) is 4.08.